The maximum Gasteiger partial charge on any atom is 0.301 e. The van der Waals surface area contributed by atoms with Crippen molar-refractivity contribution in [3.05, 3.63) is 0 Å². The highest BCUT2D eigenvalue weighted by molar-refractivity contribution is 6.13. The Bertz CT molecular complexity index is 62.6. The Morgan fingerprint density at radius 2 is 2.17 bits per heavy atom. The van der Waals surface area contributed by atoms with E-state index in [-0.39, 0.29) is 0 Å². The zero-order valence-electron chi connectivity index (χ0n) is 3.51. The third-order valence-electron chi connectivity index (χ3n) is 0.348. The molecule has 0 aliphatic carbocycles. The molecule has 0 unspecified atom stereocenters. The molecule has 0 atom stereocenters. The predicted molar refractivity (Wildman–Crippen MR) is 23.1 cm³/mol. The van der Waals surface area contributed by atoms with E-state index in [2.05, 4.69) is 5.73 Å². The molecule has 4 heteroatoms. The van der Waals surface area contributed by atoms with E-state index in [1.807, 2.05) is 0 Å². The third kappa shape index (κ3) is 1.63. The lowest BCUT2D eigenvalue weighted by molar-refractivity contribution is 0.238. The van der Waals surface area contributed by atoms with Crippen molar-refractivity contribution in [2.45, 2.75) is 0 Å². The van der Waals surface area contributed by atoms with Gasteiger partial charge in [0, 0.05) is 0 Å². The van der Waals surface area contributed by atoms with E-state index < -0.39 is 6.03 Å². The Labute approximate surface area is 37.5 Å². The summed E-state index contributed by atoms with van der Waals surface area (Å²) in [5.74, 6) is 0. The van der Waals surface area contributed by atoms with Crippen LogP contribution >= 0.6 is 0 Å². The minimum atomic E-state index is -0.630. The molecule has 6 heavy (non-hydrogen) atoms. The fourth-order valence-electron chi connectivity index (χ4n) is 0. The molecule has 0 bridgehead atoms. The number of nitrogens with two attached hydrogens (primary N) is 1. The van der Waals surface area contributed by atoms with Crippen LogP contribution in [0.15, 0.2) is 0 Å². The number of amides is 2. The fraction of sp³-hybridized carbons (Fsp3) is 0.500. The number of nitrogens with zero attached hydrogens (tertiary/aromatic N) is 1. The summed E-state index contributed by atoms with van der Waals surface area (Å²) in [5.41, 5.74) is 4.60. The second-order valence-electron chi connectivity index (χ2n) is 0.949. The SMILES string of the molecule is [B]N(C)C(N)=O. The number of hydrogen-bond donors (Lipinski definition) is 1. The van der Waals surface area contributed by atoms with Crippen molar-refractivity contribution in [2.75, 3.05) is 7.05 Å². The molecule has 0 heterocycles. The van der Waals surface area contributed by atoms with Crippen LogP contribution in [0, 0.1) is 0 Å². The summed E-state index contributed by atoms with van der Waals surface area (Å²) < 4.78 is 0. The molecular weight excluding hydrogens is 78.8 g/mol. The highest BCUT2D eigenvalue weighted by atomic mass is 16.2. The van der Waals surface area contributed by atoms with E-state index in [4.69, 9.17) is 7.98 Å². The predicted octanol–water partition coefficient (Wildman–Crippen LogP) is -0.920. The van der Waals surface area contributed by atoms with Gasteiger partial charge in [0.25, 0.3) is 0 Å². The van der Waals surface area contributed by atoms with E-state index in [0.29, 0.717) is 0 Å². The largest absolute Gasteiger partial charge is 0.382 e. The molecule has 2 N–H and O–H groups in total. The Balaban J connectivity index is 3.26. The van der Waals surface area contributed by atoms with Crippen LogP contribution in [0.5, 0.6) is 0 Å². The fourth-order valence-corrected chi connectivity index (χ4v) is 0. The molecule has 0 aliphatic heterocycles. The van der Waals surface area contributed by atoms with Crippen molar-refractivity contribution in [2.24, 2.45) is 5.73 Å². The minimum absolute atomic E-state index is 0.630. The highest BCUT2D eigenvalue weighted by Gasteiger charge is 1.88. The van der Waals surface area contributed by atoms with Gasteiger partial charge >= 0.3 is 6.03 Å². The standard InChI is InChI=1S/C2H5BN2O/c1-5(3)2(4)6/h1H3,(H2,4,6). The van der Waals surface area contributed by atoms with Crippen LogP contribution in [-0.2, 0) is 0 Å². The quantitative estimate of drug-likeness (QED) is 0.379. The molecule has 0 saturated heterocycles. The Kier molecular flexibility index (Phi) is 1.51. The molecule has 0 spiro atoms. The van der Waals surface area contributed by atoms with E-state index >= 15 is 0 Å². The maximum atomic E-state index is 9.72. The van der Waals surface area contributed by atoms with Crippen LogP contribution in [0.25, 0.3) is 0 Å². The van der Waals surface area contributed by atoms with Gasteiger partial charge in [-0.15, -0.1) is 0 Å². The van der Waals surface area contributed by atoms with E-state index in [9.17, 15) is 4.79 Å². The minimum Gasteiger partial charge on any atom is -0.382 e. The average Bonchev–Trinajstić information content (AvgIpc) is 1.36. The van der Waals surface area contributed by atoms with Gasteiger partial charge in [0.05, 0.1) is 0 Å². The maximum absolute atomic E-state index is 9.72. The summed E-state index contributed by atoms with van der Waals surface area (Å²) in [4.78, 5) is 10.5. The summed E-state index contributed by atoms with van der Waals surface area (Å²) in [6.07, 6.45) is 0. The highest BCUT2D eigenvalue weighted by Crippen LogP contribution is 1.63. The van der Waals surface area contributed by atoms with Crippen molar-refractivity contribution in [3.63, 3.8) is 0 Å². The number of carbonyl (C=O) groups excluding carboxylic acids is 1. The summed E-state index contributed by atoms with van der Waals surface area (Å²) in [7, 11) is 6.17. The van der Waals surface area contributed by atoms with Gasteiger partial charge < -0.3 is 10.5 Å². The molecule has 0 aliphatic rings. The monoisotopic (exact) mass is 84.0 g/mol. The smallest absolute Gasteiger partial charge is 0.301 e. The number of carbonyl (C=O) groups is 1. The lowest BCUT2D eigenvalue weighted by Gasteiger charge is -2.02. The summed E-state index contributed by atoms with van der Waals surface area (Å²) in [5, 5.41) is 0. The molecule has 2 radical (unpaired) electrons. The van der Waals surface area contributed by atoms with Gasteiger partial charge in [0.2, 0.25) is 7.98 Å². The van der Waals surface area contributed by atoms with E-state index in [1.165, 1.54) is 7.05 Å². The van der Waals surface area contributed by atoms with E-state index in [0.717, 1.165) is 4.81 Å². The van der Waals surface area contributed by atoms with Crippen LogP contribution < -0.4 is 5.73 Å². The first-order valence-electron chi connectivity index (χ1n) is 1.42. The molecule has 0 rings (SSSR count). The molecule has 0 aromatic heterocycles. The second kappa shape index (κ2) is 1.69. The average molecular weight is 83.9 g/mol. The van der Waals surface area contributed by atoms with Crippen LogP contribution in [-0.4, -0.2) is 25.9 Å². The molecule has 0 saturated carbocycles. The molecular formula is C2H5BN2O. The van der Waals surface area contributed by atoms with Gasteiger partial charge in [0.15, 0.2) is 0 Å². The van der Waals surface area contributed by atoms with Crippen molar-refractivity contribution in [3.8, 4) is 0 Å². The summed E-state index contributed by atoms with van der Waals surface area (Å²) in [6, 6.07) is -0.630. The van der Waals surface area contributed by atoms with Crippen molar-refractivity contribution >= 4 is 14.0 Å². The molecule has 2 amide bonds. The molecule has 3 nitrogen and oxygen atoms in total. The van der Waals surface area contributed by atoms with Crippen LogP contribution in [0.1, 0.15) is 0 Å². The van der Waals surface area contributed by atoms with Crippen LogP contribution in [0.2, 0.25) is 0 Å². The van der Waals surface area contributed by atoms with Gasteiger partial charge in [-0.1, -0.05) is 0 Å². The second-order valence-corrected chi connectivity index (χ2v) is 0.949. The number of urea groups is 1. The third-order valence-corrected chi connectivity index (χ3v) is 0.348. The molecule has 0 fully saturated rings. The zero-order valence-corrected chi connectivity index (χ0v) is 3.51. The Morgan fingerprint density at radius 1 is 2.00 bits per heavy atom. The normalized spacial score (nSPS) is 7.50. The summed E-state index contributed by atoms with van der Waals surface area (Å²) in [6.45, 7) is 0. The summed E-state index contributed by atoms with van der Waals surface area (Å²) >= 11 is 0. The lowest BCUT2D eigenvalue weighted by Crippen LogP contribution is -2.29. The van der Waals surface area contributed by atoms with Crippen LogP contribution in [0.4, 0.5) is 4.79 Å². The molecule has 32 valence electrons. The Hall–Kier alpha value is -0.665. The zero-order chi connectivity index (χ0) is 5.15. The van der Waals surface area contributed by atoms with Crippen LogP contribution in [0.3, 0.4) is 0 Å². The Morgan fingerprint density at radius 3 is 2.17 bits per heavy atom. The first-order chi connectivity index (χ1) is 2.64. The van der Waals surface area contributed by atoms with Gasteiger partial charge in [-0.3, -0.25) is 4.79 Å². The topological polar surface area (TPSA) is 46.3 Å². The van der Waals surface area contributed by atoms with Crippen molar-refractivity contribution in [1.29, 1.82) is 0 Å². The first kappa shape index (κ1) is 5.33. The van der Waals surface area contributed by atoms with Gasteiger partial charge in [-0.2, -0.15) is 0 Å². The number of hydrogen-bond acceptors (Lipinski definition) is 1. The first-order valence-corrected chi connectivity index (χ1v) is 1.42. The number of rotatable bonds is 0. The molecule has 0 aromatic carbocycles. The van der Waals surface area contributed by atoms with Gasteiger partial charge in [0.1, 0.15) is 0 Å². The van der Waals surface area contributed by atoms with Gasteiger partial charge in [-0.25, -0.2) is 0 Å². The molecule has 0 aromatic rings. The van der Waals surface area contributed by atoms with Gasteiger partial charge in [-0.05, 0) is 7.05 Å². The van der Waals surface area contributed by atoms with Crippen molar-refractivity contribution < 1.29 is 4.79 Å². The van der Waals surface area contributed by atoms with Crippen molar-refractivity contribution in [1.82, 2.24) is 4.81 Å². The number of primary amides is 1. The lowest BCUT2D eigenvalue weighted by atomic mass is 10.4. The van der Waals surface area contributed by atoms with E-state index in [1.54, 1.807) is 0 Å².